The molecule has 1 aromatic carbocycles. The number of aryl methyl sites for hydroxylation is 1. The number of nitrogens with zero attached hydrogens (tertiary/aromatic N) is 2. The minimum absolute atomic E-state index is 0.121. The summed E-state index contributed by atoms with van der Waals surface area (Å²) >= 11 is 0. The van der Waals surface area contributed by atoms with Crippen molar-refractivity contribution in [1.82, 2.24) is 9.97 Å². The first-order valence-corrected chi connectivity index (χ1v) is 7.01. The van der Waals surface area contributed by atoms with Gasteiger partial charge in [-0.3, -0.25) is 0 Å². The highest BCUT2D eigenvalue weighted by Crippen LogP contribution is 2.33. The molecule has 0 saturated carbocycles. The monoisotopic (exact) mass is 318 g/mol. The fourth-order valence-electron chi connectivity index (χ4n) is 1.52. The number of aromatic nitrogens is 2. The minimum Gasteiger partial charge on any atom is -0.375 e. The molecule has 0 fully saturated rings. The van der Waals surface area contributed by atoms with E-state index in [1.54, 1.807) is 6.92 Å². The summed E-state index contributed by atoms with van der Waals surface area (Å²) in [5, 5.41) is 0. The summed E-state index contributed by atoms with van der Waals surface area (Å²) in [7, 11) is -5.73. The second-order valence-corrected chi connectivity index (χ2v) is 5.51. The Labute approximate surface area is 118 Å². The second-order valence-electron chi connectivity index (χ2n) is 3.97. The molecular weight excluding hydrogens is 309 g/mol. The van der Waals surface area contributed by atoms with Crippen LogP contribution in [0.5, 0.6) is 5.75 Å². The number of hydrogen-bond donors (Lipinski definition) is 0. The Morgan fingerprint density at radius 3 is 2.43 bits per heavy atom. The number of hydrogen-bond acceptors (Lipinski definition) is 5. The summed E-state index contributed by atoms with van der Waals surface area (Å²) in [4.78, 5) is 7.89. The molecule has 0 saturated heterocycles. The third kappa shape index (κ3) is 3.30. The molecule has 5 nitrogen and oxygen atoms in total. The van der Waals surface area contributed by atoms with Gasteiger partial charge in [-0.05, 0) is 25.1 Å². The van der Waals surface area contributed by atoms with Crippen molar-refractivity contribution in [2.45, 2.75) is 12.4 Å². The number of halogens is 3. The second kappa shape index (κ2) is 5.32. The molecule has 2 rings (SSSR count). The van der Waals surface area contributed by atoms with Crippen LogP contribution in [-0.4, -0.2) is 23.9 Å². The van der Waals surface area contributed by atoms with E-state index in [0.29, 0.717) is 5.82 Å². The quantitative estimate of drug-likeness (QED) is 0.643. The molecule has 0 atom stereocenters. The third-order valence-corrected chi connectivity index (χ3v) is 3.39. The maximum atomic E-state index is 12.4. The van der Waals surface area contributed by atoms with Gasteiger partial charge in [-0.1, -0.05) is 12.1 Å². The van der Waals surface area contributed by atoms with Crippen LogP contribution in [0.3, 0.4) is 0 Å². The largest absolute Gasteiger partial charge is 0.534 e. The Morgan fingerprint density at radius 1 is 1.14 bits per heavy atom. The fourth-order valence-corrected chi connectivity index (χ4v) is 2.00. The molecule has 112 valence electrons. The summed E-state index contributed by atoms with van der Waals surface area (Å²) in [5.74, 6) is -0.0612. The first kappa shape index (κ1) is 15.2. The molecule has 0 bridgehead atoms. The van der Waals surface area contributed by atoms with Crippen LogP contribution in [0, 0.1) is 6.92 Å². The van der Waals surface area contributed by atoms with Gasteiger partial charge >= 0.3 is 15.6 Å². The van der Waals surface area contributed by atoms with Crippen LogP contribution in [0.15, 0.2) is 36.5 Å². The summed E-state index contributed by atoms with van der Waals surface area (Å²) in [5.41, 5.74) is -5.12. The van der Waals surface area contributed by atoms with E-state index in [1.807, 2.05) is 0 Å². The van der Waals surface area contributed by atoms with Gasteiger partial charge in [0.15, 0.2) is 5.75 Å². The van der Waals surface area contributed by atoms with E-state index < -0.39 is 21.4 Å². The molecule has 21 heavy (non-hydrogen) atoms. The Kier molecular flexibility index (Phi) is 3.86. The van der Waals surface area contributed by atoms with Crippen molar-refractivity contribution in [3.63, 3.8) is 0 Å². The van der Waals surface area contributed by atoms with Crippen molar-refractivity contribution in [2.24, 2.45) is 0 Å². The van der Waals surface area contributed by atoms with Crippen LogP contribution in [0.1, 0.15) is 5.82 Å². The summed E-state index contributed by atoms with van der Waals surface area (Å²) in [6, 6.07) is 6.85. The molecular formula is C12H9F3N2O3S. The van der Waals surface area contributed by atoms with Gasteiger partial charge in [-0.15, -0.1) is 0 Å². The lowest BCUT2D eigenvalue weighted by Crippen LogP contribution is -2.28. The van der Waals surface area contributed by atoms with E-state index in [9.17, 15) is 21.6 Å². The lowest BCUT2D eigenvalue weighted by Gasteiger charge is -2.12. The highest BCUT2D eigenvalue weighted by molar-refractivity contribution is 7.88. The van der Waals surface area contributed by atoms with Crippen LogP contribution in [0.2, 0.25) is 0 Å². The normalized spacial score (nSPS) is 12.2. The number of para-hydroxylation sites is 1. The van der Waals surface area contributed by atoms with Crippen molar-refractivity contribution in [1.29, 1.82) is 0 Å². The highest BCUT2D eigenvalue weighted by atomic mass is 32.2. The summed E-state index contributed by atoms with van der Waals surface area (Å²) in [6.45, 7) is 1.60. The van der Waals surface area contributed by atoms with Crippen LogP contribution >= 0.6 is 0 Å². The van der Waals surface area contributed by atoms with Gasteiger partial charge in [0, 0.05) is 11.8 Å². The molecule has 0 unspecified atom stereocenters. The standard InChI is InChI=1S/C12H9F3N2O3S/c1-8-16-7-6-10(17-8)9-4-2-3-5-11(9)20-21(18,19)12(13,14)15/h2-7H,1H3. The Balaban J connectivity index is 2.48. The fraction of sp³-hybridized carbons (Fsp3) is 0.167. The van der Waals surface area contributed by atoms with E-state index in [0.717, 1.165) is 6.07 Å². The van der Waals surface area contributed by atoms with Crippen molar-refractivity contribution < 1.29 is 25.8 Å². The number of benzene rings is 1. The lowest BCUT2D eigenvalue weighted by molar-refractivity contribution is -0.0499. The van der Waals surface area contributed by atoms with Gasteiger partial charge in [0.25, 0.3) is 0 Å². The molecule has 0 radical (unpaired) electrons. The molecule has 1 aromatic heterocycles. The molecule has 0 aliphatic carbocycles. The zero-order valence-corrected chi connectivity index (χ0v) is 11.4. The van der Waals surface area contributed by atoms with Crippen LogP contribution in [-0.2, 0) is 10.1 Å². The Morgan fingerprint density at radius 2 is 1.81 bits per heavy atom. The van der Waals surface area contributed by atoms with Crippen LogP contribution in [0.4, 0.5) is 13.2 Å². The van der Waals surface area contributed by atoms with Gasteiger partial charge in [0.2, 0.25) is 0 Å². The molecule has 9 heteroatoms. The SMILES string of the molecule is Cc1nccc(-c2ccccc2OS(=O)(=O)C(F)(F)F)n1. The van der Waals surface area contributed by atoms with E-state index in [2.05, 4.69) is 14.2 Å². The predicted octanol–water partition coefficient (Wildman–Crippen LogP) is 2.68. The van der Waals surface area contributed by atoms with E-state index in [1.165, 1.54) is 30.5 Å². The molecule has 1 heterocycles. The maximum absolute atomic E-state index is 12.4. The topological polar surface area (TPSA) is 69.2 Å². The maximum Gasteiger partial charge on any atom is 0.534 e. The van der Waals surface area contributed by atoms with E-state index in [-0.39, 0.29) is 11.3 Å². The molecule has 2 aromatic rings. The summed E-state index contributed by atoms with van der Waals surface area (Å²) in [6.07, 6.45) is 1.41. The molecule has 0 aliphatic rings. The van der Waals surface area contributed by atoms with Crippen molar-refractivity contribution in [3.05, 3.63) is 42.4 Å². The lowest BCUT2D eigenvalue weighted by atomic mass is 10.1. The smallest absolute Gasteiger partial charge is 0.375 e. The zero-order valence-electron chi connectivity index (χ0n) is 10.6. The van der Waals surface area contributed by atoms with Gasteiger partial charge in [0.1, 0.15) is 5.82 Å². The Hall–Kier alpha value is -2.16. The highest BCUT2D eigenvalue weighted by Gasteiger charge is 2.48. The van der Waals surface area contributed by atoms with Crippen LogP contribution < -0.4 is 4.18 Å². The predicted molar refractivity (Wildman–Crippen MR) is 67.8 cm³/mol. The molecule has 0 aliphatic heterocycles. The van der Waals surface area contributed by atoms with Crippen molar-refractivity contribution in [3.8, 4) is 17.0 Å². The number of rotatable bonds is 3. The summed E-state index contributed by atoms with van der Waals surface area (Å²) < 4.78 is 63.5. The average Bonchev–Trinajstić information content (AvgIpc) is 2.37. The van der Waals surface area contributed by atoms with Crippen molar-refractivity contribution in [2.75, 3.05) is 0 Å². The van der Waals surface area contributed by atoms with Crippen LogP contribution in [0.25, 0.3) is 11.3 Å². The van der Waals surface area contributed by atoms with Crippen molar-refractivity contribution >= 4 is 10.1 Å². The minimum atomic E-state index is -5.73. The van der Waals surface area contributed by atoms with Gasteiger partial charge in [-0.2, -0.15) is 21.6 Å². The number of alkyl halides is 3. The Bertz CT molecular complexity index is 760. The first-order chi connectivity index (χ1) is 9.71. The van der Waals surface area contributed by atoms with Gasteiger partial charge in [0.05, 0.1) is 5.69 Å². The van der Waals surface area contributed by atoms with E-state index in [4.69, 9.17) is 0 Å². The molecule has 0 spiro atoms. The van der Waals surface area contributed by atoms with E-state index >= 15 is 0 Å². The average molecular weight is 318 g/mol. The first-order valence-electron chi connectivity index (χ1n) is 5.60. The zero-order chi connectivity index (χ0) is 15.7. The molecule has 0 amide bonds. The third-order valence-electron chi connectivity index (χ3n) is 2.42. The van der Waals surface area contributed by atoms with Gasteiger partial charge in [-0.25, -0.2) is 9.97 Å². The van der Waals surface area contributed by atoms with Gasteiger partial charge < -0.3 is 4.18 Å². The molecule has 0 N–H and O–H groups in total.